The highest BCUT2D eigenvalue weighted by Crippen LogP contribution is 2.41. The van der Waals surface area contributed by atoms with E-state index >= 15 is 0 Å². The Balaban J connectivity index is 3.56. The van der Waals surface area contributed by atoms with Gasteiger partial charge in [-0.25, -0.2) is 0 Å². The second-order valence-corrected chi connectivity index (χ2v) is 12.9. The van der Waals surface area contributed by atoms with E-state index in [0.717, 1.165) is 5.56 Å². The van der Waals surface area contributed by atoms with E-state index in [4.69, 9.17) is 17.0 Å². The third-order valence-electron chi connectivity index (χ3n) is 4.75. The van der Waals surface area contributed by atoms with Crippen LogP contribution in [0.15, 0.2) is 24.3 Å². The van der Waals surface area contributed by atoms with Crippen LogP contribution in [0, 0.1) is 0 Å². The molecule has 0 atom stereocenters. The van der Waals surface area contributed by atoms with E-state index in [1.165, 1.54) is 5.19 Å². The topological polar surface area (TPSA) is 9.23 Å². The molecule has 118 valence electrons. The van der Waals surface area contributed by atoms with Gasteiger partial charge in [0.05, 0.1) is 14.7 Å². The van der Waals surface area contributed by atoms with Crippen molar-refractivity contribution < 1.29 is 4.74 Å². The summed E-state index contributed by atoms with van der Waals surface area (Å²) in [6, 6.07) is 8.67. The van der Waals surface area contributed by atoms with Crippen LogP contribution in [-0.2, 0) is 4.74 Å². The maximum atomic E-state index is 5.66. The van der Waals surface area contributed by atoms with Crippen LogP contribution in [0.3, 0.4) is 0 Å². The molecule has 0 amide bonds. The first-order valence-electron chi connectivity index (χ1n) is 8.06. The monoisotopic (exact) mass is 322 g/mol. The van der Waals surface area contributed by atoms with Crippen LogP contribution in [-0.4, -0.2) is 19.7 Å². The van der Waals surface area contributed by atoms with Crippen LogP contribution in [0.25, 0.3) is 0 Å². The van der Waals surface area contributed by atoms with Gasteiger partial charge in [-0.3, -0.25) is 0 Å². The summed E-state index contributed by atoms with van der Waals surface area (Å²) < 4.78 is 5.66. The van der Waals surface area contributed by atoms with Crippen LogP contribution in [0.2, 0.25) is 16.6 Å². The van der Waals surface area contributed by atoms with Gasteiger partial charge in [-0.05, 0) is 41.0 Å². The Kier molecular flexibility index (Phi) is 6.60. The van der Waals surface area contributed by atoms with Crippen molar-refractivity contribution in [3.63, 3.8) is 0 Å². The summed E-state index contributed by atoms with van der Waals surface area (Å²) in [6.07, 6.45) is 0. The summed E-state index contributed by atoms with van der Waals surface area (Å²) in [5.41, 5.74) is 3.16. The highest BCUT2D eigenvalue weighted by atomic mass is 32.1. The Hall–Kier alpha value is -0.673. The SMILES string of the molecule is CCOC(=S)c1ccccc1[Si](C(C)C)(C(C)C)C(C)C. The Morgan fingerprint density at radius 1 is 1.00 bits per heavy atom. The van der Waals surface area contributed by atoms with Crippen LogP contribution in [0.5, 0.6) is 0 Å². The zero-order chi connectivity index (χ0) is 16.2. The van der Waals surface area contributed by atoms with Gasteiger partial charge in [-0.2, -0.15) is 0 Å². The lowest BCUT2D eigenvalue weighted by Crippen LogP contribution is -2.57. The van der Waals surface area contributed by atoms with E-state index < -0.39 is 8.07 Å². The number of hydrogen-bond donors (Lipinski definition) is 0. The molecule has 1 rings (SSSR count). The van der Waals surface area contributed by atoms with E-state index in [9.17, 15) is 0 Å². The molecule has 0 aromatic heterocycles. The number of ether oxygens (including phenoxy) is 1. The number of benzene rings is 1. The molecular weight excluding hydrogens is 292 g/mol. The molecule has 3 heteroatoms. The first-order valence-corrected chi connectivity index (χ1v) is 10.7. The lowest BCUT2D eigenvalue weighted by molar-refractivity contribution is 0.338. The minimum atomic E-state index is -1.71. The summed E-state index contributed by atoms with van der Waals surface area (Å²) in [6.45, 7) is 16.9. The van der Waals surface area contributed by atoms with Gasteiger partial charge in [-0.1, -0.05) is 65.8 Å². The van der Waals surface area contributed by atoms with Crippen molar-refractivity contribution in [2.75, 3.05) is 6.61 Å². The zero-order valence-corrected chi connectivity index (χ0v) is 16.4. The molecule has 1 nitrogen and oxygen atoms in total. The van der Waals surface area contributed by atoms with Gasteiger partial charge >= 0.3 is 0 Å². The van der Waals surface area contributed by atoms with Crippen LogP contribution < -0.4 is 5.19 Å². The molecular formula is C18H30OSSi. The average Bonchev–Trinajstić information content (AvgIpc) is 2.39. The van der Waals surface area contributed by atoms with Crippen molar-refractivity contribution in [1.82, 2.24) is 0 Å². The zero-order valence-electron chi connectivity index (χ0n) is 14.6. The number of hydrogen-bond acceptors (Lipinski definition) is 2. The summed E-state index contributed by atoms with van der Waals surface area (Å²) in [5, 5.41) is 2.13. The molecule has 1 aromatic rings. The van der Waals surface area contributed by atoms with Crippen molar-refractivity contribution in [1.29, 1.82) is 0 Å². The van der Waals surface area contributed by atoms with E-state index in [1.807, 2.05) is 6.92 Å². The van der Waals surface area contributed by atoms with Gasteiger partial charge in [0.15, 0.2) is 5.05 Å². The minimum absolute atomic E-state index is 0.632. The molecule has 0 aliphatic heterocycles. The van der Waals surface area contributed by atoms with Crippen LogP contribution >= 0.6 is 12.2 Å². The second-order valence-electron chi connectivity index (χ2n) is 6.66. The Morgan fingerprint density at radius 2 is 1.48 bits per heavy atom. The van der Waals surface area contributed by atoms with E-state index in [0.29, 0.717) is 28.3 Å². The maximum absolute atomic E-state index is 5.66. The number of thiocarbonyl (C=S) groups is 1. The van der Waals surface area contributed by atoms with Gasteiger partial charge in [0, 0.05) is 5.56 Å². The third-order valence-corrected chi connectivity index (χ3v) is 12.2. The van der Waals surface area contributed by atoms with E-state index in [2.05, 4.69) is 65.8 Å². The maximum Gasteiger partial charge on any atom is 0.190 e. The normalized spacial score (nSPS) is 12.3. The van der Waals surface area contributed by atoms with Crippen LogP contribution in [0.1, 0.15) is 54.0 Å². The molecule has 0 fully saturated rings. The lowest BCUT2D eigenvalue weighted by Gasteiger charge is -2.44. The summed E-state index contributed by atoms with van der Waals surface area (Å²) in [5.74, 6) is 0. The van der Waals surface area contributed by atoms with Crippen molar-refractivity contribution in [2.45, 2.75) is 65.1 Å². The van der Waals surface area contributed by atoms with Crippen molar-refractivity contribution in [3.05, 3.63) is 29.8 Å². The van der Waals surface area contributed by atoms with Crippen molar-refractivity contribution >= 4 is 30.5 Å². The first-order chi connectivity index (χ1) is 9.79. The molecule has 0 aliphatic rings. The molecule has 1 aromatic carbocycles. The smallest absolute Gasteiger partial charge is 0.190 e. The van der Waals surface area contributed by atoms with Gasteiger partial charge < -0.3 is 4.74 Å². The Labute approximate surface area is 137 Å². The fraction of sp³-hybridized carbons (Fsp3) is 0.611. The number of rotatable bonds is 6. The lowest BCUT2D eigenvalue weighted by atomic mass is 10.2. The third kappa shape index (κ3) is 3.40. The van der Waals surface area contributed by atoms with Gasteiger partial charge in [-0.15, -0.1) is 0 Å². The largest absolute Gasteiger partial charge is 0.483 e. The average molecular weight is 323 g/mol. The molecule has 0 spiro atoms. The fourth-order valence-electron chi connectivity index (χ4n) is 4.18. The molecule has 0 aliphatic carbocycles. The van der Waals surface area contributed by atoms with E-state index in [1.54, 1.807) is 0 Å². The van der Waals surface area contributed by atoms with Crippen LogP contribution in [0.4, 0.5) is 0 Å². The molecule has 0 N–H and O–H groups in total. The van der Waals surface area contributed by atoms with Gasteiger partial charge in [0.1, 0.15) is 0 Å². The molecule has 0 saturated heterocycles. The standard InChI is InChI=1S/C18H30OSSi/c1-8-19-18(20)16-11-9-10-12-17(16)21(13(2)3,14(4)5)15(6)7/h9-15H,8H2,1-7H3. The highest BCUT2D eigenvalue weighted by molar-refractivity contribution is 7.80. The van der Waals surface area contributed by atoms with Crippen molar-refractivity contribution in [2.24, 2.45) is 0 Å². The predicted molar refractivity (Wildman–Crippen MR) is 100 cm³/mol. The Morgan fingerprint density at radius 3 is 1.90 bits per heavy atom. The first kappa shape index (κ1) is 18.4. The predicted octanol–water partition coefficient (Wildman–Crippen LogP) is 5.28. The quantitative estimate of drug-likeness (QED) is 0.520. The summed E-state index contributed by atoms with van der Waals surface area (Å²) >= 11 is 5.54. The molecule has 0 heterocycles. The second kappa shape index (κ2) is 7.55. The fourth-order valence-corrected chi connectivity index (χ4v) is 11.5. The van der Waals surface area contributed by atoms with E-state index in [-0.39, 0.29) is 0 Å². The summed E-state index contributed by atoms with van der Waals surface area (Å²) in [7, 11) is -1.71. The highest BCUT2D eigenvalue weighted by Gasteiger charge is 2.45. The van der Waals surface area contributed by atoms with Gasteiger partial charge in [0.25, 0.3) is 0 Å². The summed E-state index contributed by atoms with van der Waals surface area (Å²) in [4.78, 5) is 0. The molecule has 0 radical (unpaired) electrons. The Bertz CT molecular complexity index is 458. The molecule has 0 unspecified atom stereocenters. The molecule has 0 bridgehead atoms. The van der Waals surface area contributed by atoms with Gasteiger partial charge in [0.2, 0.25) is 0 Å². The minimum Gasteiger partial charge on any atom is -0.483 e. The van der Waals surface area contributed by atoms with Crippen molar-refractivity contribution in [3.8, 4) is 0 Å². The molecule has 21 heavy (non-hydrogen) atoms. The molecule has 0 saturated carbocycles.